The van der Waals surface area contributed by atoms with Crippen LogP contribution in [0.5, 0.6) is 0 Å². The largest absolute Gasteiger partial charge is 0.465 e. The van der Waals surface area contributed by atoms with Crippen LogP contribution in [0.4, 0.5) is 10.5 Å². The zero-order valence-electron chi connectivity index (χ0n) is 19.6. The van der Waals surface area contributed by atoms with Crippen molar-refractivity contribution in [3.05, 3.63) is 83.3 Å². The number of aromatic nitrogens is 1. The smallest absolute Gasteiger partial charge is 0.404 e. The van der Waals surface area contributed by atoms with Gasteiger partial charge in [0, 0.05) is 16.8 Å². The molecule has 1 heterocycles. The number of anilines is 1. The molecule has 3 rings (SSSR count). The minimum atomic E-state index is -2.81. The zero-order chi connectivity index (χ0) is 24.8. The molecular formula is C25H31N3O4SSi. The van der Waals surface area contributed by atoms with Crippen LogP contribution in [0.25, 0.3) is 0 Å². The highest BCUT2D eigenvalue weighted by Gasteiger charge is 2.50. The molecule has 0 unspecified atom stereocenters. The Labute approximate surface area is 204 Å². The number of H-pyrrole nitrogens is 1. The van der Waals surface area contributed by atoms with E-state index in [9.17, 15) is 14.7 Å². The summed E-state index contributed by atoms with van der Waals surface area (Å²) in [6, 6.07) is 21.6. The summed E-state index contributed by atoms with van der Waals surface area (Å²) in [4.78, 5) is 26.5. The second-order valence-electron chi connectivity index (χ2n) is 9.02. The van der Waals surface area contributed by atoms with Crippen molar-refractivity contribution in [3.63, 3.8) is 0 Å². The van der Waals surface area contributed by atoms with Crippen LogP contribution in [0, 0.1) is 0 Å². The molecule has 0 saturated heterocycles. The predicted molar refractivity (Wildman–Crippen MR) is 141 cm³/mol. The maximum atomic E-state index is 11.8. The molecule has 0 spiro atoms. The van der Waals surface area contributed by atoms with Gasteiger partial charge in [-0.25, -0.2) is 4.79 Å². The third-order valence-electron chi connectivity index (χ3n) is 5.64. The normalized spacial score (nSPS) is 12.8. The van der Waals surface area contributed by atoms with Gasteiger partial charge in [0.1, 0.15) is 5.69 Å². The molecule has 0 fully saturated rings. The lowest BCUT2D eigenvalue weighted by molar-refractivity contribution is 0.182. The first-order valence-corrected chi connectivity index (χ1v) is 13.9. The number of hydrogen-bond donors (Lipinski definition) is 4. The fourth-order valence-corrected chi connectivity index (χ4v) is 9.66. The fourth-order valence-electron chi connectivity index (χ4n) is 4.08. The molecule has 3 aromatic rings. The molecule has 5 N–H and O–H groups in total. The van der Waals surface area contributed by atoms with Crippen LogP contribution >= 0.6 is 11.8 Å². The van der Waals surface area contributed by atoms with Gasteiger partial charge in [-0.3, -0.25) is 4.79 Å². The van der Waals surface area contributed by atoms with Crippen LogP contribution in [-0.4, -0.2) is 42.9 Å². The molecule has 0 saturated carbocycles. The van der Waals surface area contributed by atoms with Crippen molar-refractivity contribution in [3.8, 4) is 0 Å². The Morgan fingerprint density at radius 2 is 1.65 bits per heavy atom. The molecule has 1 aromatic heterocycles. The number of carbonyl (C=O) groups is 1. The monoisotopic (exact) mass is 497 g/mol. The minimum absolute atomic E-state index is 0.120. The SMILES string of the molecule is CC(C)(C)[Si](OC[C@H](CSc1cc[nH]c(=O)c1N)NC(=O)O)(c1ccccc1)c1ccccc1. The number of nitrogen functional groups attached to an aromatic ring is 1. The topological polar surface area (TPSA) is 117 Å². The number of benzene rings is 2. The predicted octanol–water partition coefficient (Wildman–Crippen LogP) is 3.26. The number of rotatable bonds is 9. The molecule has 0 aliphatic carbocycles. The lowest BCUT2D eigenvalue weighted by Crippen LogP contribution is -2.67. The number of aromatic amines is 1. The quantitative estimate of drug-likeness (QED) is 0.266. The van der Waals surface area contributed by atoms with Gasteiger partial charge in [0.15, 0.2) is 0 Å². The Balaban J connectivity index is 1.94. The van der Waals surface area contributed by atoms with Crippen LogP contribution in [-0.2, 0) is 4.43 Å². The average Bonchev–Trinajstić information content (AvgIpc) is 2.80. The molecule has 2 aromatic carbocycles. The van der Waals surface area contributed by atoms with E-state index in [0.29, 0.717) is 10.6 Å². The van der Waals surface area contributed by atoms with Gasteiger partial charge in [0.05, 0.1) is 12.6 Å². The summed E-state index contributed by atoms with van der Waals surface area (Å²) in [6.45, 7) is 6.69. The summed E-state index contributed by atoms with van der Waals surface area (Å²) in [5, 5.41) is 14.0. The summed E-state index contributed by atoms with van der Waals surface area (Å²) in [5.41, 5.74) is 5.65. The summed E-state index contributed by atoms with van der Waals surface area (Å²) in [5.74, 6) is 0.359. The lowest BCUT2D eigenvalue weighted by Gasteiger charge is -2.43. The highest BCUT2D eigenvalue weighted by Crippen LogP contribution is 2.37. The van der Waals surface area contributed by atoms with E-state index in [4.69, 9.17) is 10.2 Å². The van der Waals surface area contributed by atoms with Gasteiger partial charge in [-0.1, -0.05) is 81.4 Å². The number of nitrogens with one attached hydrogen (secondary N) is 2. The van der Waals surface area contributed by atoms with Crippen molar-refractivity contribution in [1.29, 1.82) is 0 Å². The molecule has 0 aliphatic heterocycles. The van der Waals surface area contributed by atoms with Crippen molar-refractivity contribution < 1.29 is 14.3 Å². The summed E-state index contributed by atoms with van der Waals surface area (Å²) in [7, 11) is -2.81. The summed E-state index contributed by atoms with van der Waals surface area (Å²) in [6.07, 6.45) is 0.398. The number of thioether (sulfide) groups is 1. The average molecular weight is 498 g/mol. The first-order valence-electron chi connectivity index (χ1n) is 11.0. The lowest BCUT2D eigenvalue weighted by atomic mass is 10.2. The molecule has 0 aliphatic rings. The van der Waals surface area contributed by atoms with E-state index < -0.39 is 20.5 Å². The molecule has 1 atom stereocenters. The van der Waals surface area contributed by atoms with Crippen LogP contribution in [0.3, 0.4) is 0 Å². The standard InChI is InChI=1S/C25H31N3O4SSi/c1-25(2,3)34(19-10-6-4-7-11-19,20-12-8-5-9-13-20)32-16-18(28-24(30)31)17-33-21-14-15-27-23(29)22(21)26/h4-15,18,28H,16-17,26H2,1-3H3,(H,27,29)(H,30,31)/t18-/m1/s1. The van der Waals surface area contributed by atoms with Crippen molar-refractivity contribution in [2.75, 3.05) is 18.1 Å². The van der Waals surface area contributed by atoms with Crippen molar-refractivity contribution in [2.45, 2.75) is 36.7 Å². The van der Waals surface area contributed by atoms with Gasteiger partial charge in [-0.05, 0) is 21.5 Å². The van der Waals surface area contributed by atoms with E-state index in [1.807, 2.05) is 36.4 Å². The van der Waals surface area contributed by atoms with Crippen LogP contribution in [0.15, 0.2) is 82.6 Å². The number of hydrogen-bond acceptors (Lipinski definition) is 5. The Morgan fingerprint density at radius 1 is 1.09 bits per heavy atom. The van der Waals surface area contributed by atoms with Gasteiger partial charge < -0.3 is 25.6 Å². The van der Waals surface area contributed by atoms with E-state index in [0.717, 1.165) is 10.4 Å². The van der Waals surface area contributed by atoms with Crippen molar-refractivity contribution in [1.82, 2.24) is 10.3 Å². The molecule has 0 bridgehead atoms. The summed E-state index contributed by atoms with van der Waals surface area (Å²) < 4.78 is 6.87. The minimum Gasteiger partial charge on any atom is -0.465 e. The molecule has 7 nitrogen and oxygen atoms in total. The van der Waals surface area contributed by atoms with Crippen LogP contribution < -0.4 is 27.0 Å². The first kappa shape index (κ1) is 25.6. The van der Waals surface area contributed by atoms with Gasteiger partial charge in [0.2, 0.25) is 0 Å². The third-order valence-corrected chi connectivity index (χ3v) is 11.9. The second-order valence-corrected chi connectivity index (χ2v) is 14.4. The summed E-state index contributed by atoms with van der Waals surface area (Å²) >= 11 is 1.33. The van der Waals surface area contributed by atoms with Gasteiger partial charge in [0.25, 0.3) is 13.9 Å². The number of carboxylic acid groups (broad SMARTS) is 1. The molecule has 180 valence electrons. The van der Waals surface area contributed by atoms with Gasteiger partial charge in [-0.15, -0.1) is 11.8 Å². The molecule has 0 radical (unpaired) electrons. The van der Waals surface area contributed by atoms with E-state index in [-0.39, 0.29) is 22.9 Å². The van der Waals surface area contributed by atoms with Crippen molar-refractivity contribution in [2.24, 2.45) is 0 Å². The fraction of sp³-hybridized carbons (Fsp3) is 0.280. The maximum Gasteiger partial charge on any atom is 0.404 e. The number of pyridine rings is 1. The molecule has 1 amide bonds. The van der Waals surface area contributed by atoms with E-state index >= 15 is 0 Å². The maximum absolute atomic E-state index is 11.8. The Morgan fingerprint density at radius 3 is 2.15 bits per heavy atom. The first-order chi connectivity index (χ1) is 16.1. The third kappa shape index (κ3) is 5.72. The Bertz CT molecular complexity index is 1110. The molecule has 34 heavy (non-hydrogen) atoms. The number of amides is 1. The van der Waals surface area contributed by atoms with E-state index in [1.54, 1.807) is 6.07 Å². The number of nitrogens with two attached hydrogens (primary N) is 1. The van der Waals surface area contributed by atoms with E-state index in [2.05, 4.69) is 55.3 Å². The highest BCUT2D eigenvalue weighted by molar-refractivity contribution is 7.99. The van der Waals surface area contributed by atoms with Gasteiger partial charge in [-0.2, -0.15) is 0 Å². The second kappa shape index (κ2) is 10.9. The molecule has 9 heteroatoms. The molecular weight excluding hydrogens is 466 g/mol. The highest BCUT2D eigenvalue weighted by atomic mass is 32.2. The van der Waals surface area contributed by atoms with Crippen molar-refractivity contribution >= 4 is 42.2 Å². The van der Waals surface area contributed by atoms with Crippen LogP contribution in [0.1, 0.15) is 20.8 Å². The Hall–Kier alpha value is -3.01. The Kier molecular flexibility index (Phi) is 8.24. The van der Waals surface area contributed by atoms with Crippen LogP contribution in [0.2, 0.25) is 5.04 Å². The van der Waals surface area contributed by atoms with E-state index in [1.165, 1.54) is 18.0 Å². The van der Waals surface area contributed by atoms with Gasteiger partial charge >= 0.3 is 6.09 Å². The zero-order valence-corrected chi connectivity index (χ0v) is 21.4.